The monoisotopic (exact) mass is 289 g/mol. The molecule has 0 saturated carbocycles. The predicted octanol–water partition coefficient (Wildman–Crippen LogP) is 3.80. The summed E-state index contributed by atoms with van der Waals surface area (Å²) >= 11 is 5.97. The number of Topliss-reactive ketones (excluding diaryl/α,β-unsaturated/α-hetero) is 1. The third-order valence-corrected chi connectivity index (χ3v) is 3.95. The Morgan fingerprint density at radius 3 is 2.90 bits per heavy atom. The van der Waals surface area contributed by atoms with E-state index in [4.69, 9.17) is 11.6 Å². The number of ketones is 1. The van der Waals surface area contributed by atoms with Gasteiger partial charge in [-0.3, -0.25) is 4.79 Å². The van der Waals surface area contributed by atoms with Gasteiger partial charge >= 0.3 is 0 Å². The maximum Gasteiger partial charge on any atom is 0.146 e. The topological polar surface area (TPSA) is 29.1 Å². The Kier molecular flexibility index (Phi) is 3.45. The highest BCUT2D eigenvalue weighted by Crippen LogP contribution is 2.32. The fourth-order valence-corrected chi connectivity index (χ4v) is 2.78. The van der Waals surface area contributed by atoms with Crippen LogP contribution in [-0.2, 0) is 11.2 Å². The van der Waals surface area contributed by atoms with Crippen LogP contribution in [0.15, 0.2) is 42.5 Å². The molecular formula is C16H13ClFNO. The van der Waals surface area contributed by atoms with E-state index in [0.717, 1.165) is 11.3 Å². The average Bonchev–Trinajstić information content (AvgIpc) is 2.86. The molecule has 1 N–H and O–H groups in total. The van der Waals surface area contributed by atoms with Crippen molar-refractivity contribution in [3.63, 3.8) is 0 Å². The molecule has 1 heterocycles. The van der Waals surface area contributed by atoms with Crippen LogP contribution >= 0.6 is 11.6 Å². The summed E-state index contributed by atoms with van der Waals surface area (Å²) in [5, 5.41) is 3.53. The lowest BCUT2D eigenvalue weighted by Crippen LogP contribution is -2.17. The summed E-state index contributed by atoms with van der Waals surface area (Å²) in [7, 11) is 0. The zero-order valence-electron chi connectivity index (χ0n) is 10.7. The molecule has 2 nitrogen and oxygen atoms in total. The van der Waals surface area contributed by atoms with Crippen molar-refractivity contribution in [3.8, 4) is 0 Å². The smallest absolute Gasteiger partial charge is 0.146 e. The Hall–Kier alpha value is -1.87. The number of hydrogen-bond acceptors (Lipinski definition) is 2. The first-order valence-corrected chi connectivity index (χ1v) is 6.82. The maximum atomic E-state index is 13.0. The Morgan fingerprint density at radius 2 is 2.10 bits per heavy atom. The molecule has 3 rings (SSSR count). The van der Waals surface area contributed by atoms with E-state index in [0.29, 0.717) is 17.1 Å². The lowest BCUT2D eigenvalue weighted by atomic mass is 9.93. The molecule has 1 aliphatic heterocycles. The molecule has 2 aromatic carbocycles. The molecule has 0 aliphatic carbocycles. The van der Waals surface area contributed by atoms with Crippen molar-refractivity contribution in [2.45, 2.75) is 12.3 Å². The second-order valence-corrected chi connectivity index (χ2v) is 5.31. The van der Waals surface area contributed by atoms with E-state index >= 15 is 0 Å². The number of carbonyl (C=O) groups is 1. The number of benzene rings is 2. The Bertz CT molecular complexity index is 671. The number of anilines is 1. The zero-order chi connectivity index (χ0) is 14.1. The molecule has 0 amide bonds. The predicted molar refractivity (Wildman–Crippen MR) is 77.8 cm³/mol. The van der Waals surface area contributed by atoms with Crippen molar-refractivity contribution in [2.24, 2.45) is 0 Å². The van der Waals surface area contributed by atoms with Crippen LogP contribution < -0.4 is 5.32 Å². The first kappa shape index (κ1) is 13.1. The van der Waals surface area contributed by atoms with Crippen LogP contribution in [0, 0.1) is 5.82 Å². The maximum absolute atomic E-state index is 13.0. The summed E-state index contributed by atoms with van der Waals surface area (Å²) < 4.78 is 13.0. The number of rotatable bonds is 3. The van der Waals surface area contributed by atoms with Crippen LogP contribution in [0.5, 0.6) is 0 Å². The molecule has 0 radical (unpaired) electrons. The molecule has 0 spiro atoms. The van der Waals surface area contributed by atoms with Crippen LogP contribution in [0.1, 0.15) is 17.0 Å². The number of hydrogen-bond donors (Lipinski definition) is 1. The molecule has 0 saturated heterocycles. The summed E-state index contributed by atoms with van der Waals surface area (Å²) in [6, 6.07) is 11.9. The Morgan fingerprint density at radius 1 is 1.30 bits per heavy atom. The highest BCUT2D eigenvalue weighted by molar-refractivity contribution is 6.31. The normalized spacial score (nSPS) is 16.6. The molecule has 0 aromatic heterocycles. The lowest BCUT2D eigenvalue weighted by Gasteiger charge is -2.10. The van der Waals surface area contributed by atoms with Gasteiger partial charge in [0.25, 0.3) is 0 Å². The third-order valence-electron chi connectivity index (χ3n) is 3.60. The van der Waals surface area contributed by atoms with Crippen molar-refractivity contribution in [1.29, 1.82) is 0 Å². The summed E-state index contributed by atoms with van der Waals surface area (Å²) in [5.41, 5.74) is 2.70. The molecule has 20 heavy (non-hydrogen) atoms. The quantitative estimate of drug-likeness (QED) is 0.931. The van der Waals surface area contributed by atoms with Crippen LogP contribution in [0.25, 0.3) is 0 Å². The van der Waals surface area contributed by atoms with Crippen molar-refractivity contribution in [2.75, 3.05) is 11.9 Å². The van der Waals surface area contributed by atoms with Crippen molar-refractivity contribution in [3.05, 3.63) is 64.4 Å². The summed E-state index contributed by atoms with van der Waals surface area (Å²) in [6.45, 7) is 0.608. The largest absolute Gasteiger partial charge is 0.384 e. The molecule has 1 atom stereocenters. The number of fused-ring (bicyclic) bond motifs is 1. The first-order chi connectivity index (χ1) is 9.65. The van der Waals surface area contributed by atoms with Crippen LogP contribution in [0.2, 0.25) is 5.02 Å². The second-order valence-electron chi connectivity index (χ2n) is 4.90. The van der Waals surface area contributed by atoms with Gasteiger partial charge in [0.1, 0.15) is 11.6 Å². The van der Waals surface area contributed by atoms with E-state index in [-0.39, 0.29) is 23.9 Å². The summed E-state index contributed by atoms with van der Waals surface area (Å²) in [4.78, 5) is 12.4. The molecule has 1 aliphatic rings. The number of nitrogens with one attached hydrogen (secondary N) is 1. The van der Waals surface area contributed by atoms with E-state index in [2.05, 4.69) is 5.32 Å². The molecule has 2 aromatic rings. The molecule has 4 heteroatoms. The van der Waals surface area contributed by atoms with Gasteiger partial charge in [0, 0.05) is 23.7 Å². The van der Waals surface area contributed by atoms with Crippen LogP contribution in [0.3, 0.4) is 0 Å². The molecule has 102 valence electrons. The first-order valence-electron chi connectivity index (χ1n) is 6.44. The van der Waals surface area contributed by atoms with E-state index in [1.54, 1.807) is 6.07 Å². The highest BCUT2D eigenvalue weighted by Gasteiger charge is 2.28. The van der Waals surface area contributed by atoms with Gasteiger partial charge in [-0.25, -0.2) is 4.39 Å². The van der Waals surface area contributed by atoms with Gasteiger partial charge in [0.05, 0.1) is 5.92 Å². The van der Waals surface area contributed by atoms with E-state index in [1.165, 1.54) is 12.1 Å². The summed E-state index contributed by atoms with van der Waals surface area (Å²) in [6.07, 6.45) is 0.222. The van der Waals surface area contributed by atoms with Crippen LogP contribution in [-0.4, -0.2) is 12.3 Å². The minimum Gasteiger partial charge on any atom is -0.384 e. The van der Waals surface area contributed by atoms with Crippen molar-refractivity contribution in [1.82, 2.24) is 0 Å². The Labute approximate surface area is 121 Å². The summed E-state index contributed by atoms with van der Waals surface area (Å²) in [5.74, 6) is -0.456. The van der Waals surface area contributed by atoms with Gasteiger partial charge in [0.15, 0.2) is 0 Å². The highest BCUT2D eigenvalue weighted by atomic mass is 35.5. The van der Waals surface area contributed by atoms with Crippen LogP contribution in [0.4, 0.5) is 10.1 Å². The standard InChI is InChI=1S/C16H13ClFNO/c17-14-8-11(18)6-5-10(14)7-16(20)13-9-19-15-4-2-1-3-12(13)15/h1-6,8,13,19H,7,9H2. The van der Waals surface area contributed by atoms with E-state index in [1.807, 2.05) is 24.3 Å². The van der Waals surface area contributed by atoms with Gasteiger partial charge in [-0.15, -0.1) is 0 Å². The van der Waals surface area contributed by atoms with E-state index < -0.39 is 0 Å². The number of para-hydroxylation sites is 1. The minimum atomic E-state index is -0.390. The minimum absolute atomic E-state index is 0.0935. The van der Waals surface area contributed by atoms with Crippen molar-refractivity contribution >= 4 is 23.1 Å². The second kappa shape index (κ2) is 5.25. The molecule has 0 fully saturated rings. The fraction of sp³-hybridized carbons (Fsp3) is 0.188. The van der Waals surface area contributed by atoms with Gasteiger partial charge in [0.2, 0.25) is 0 Å². The fourth-order valence-electron chi connectivity index (χ4n) is 2.55. The molecular weight excluding hydrogens is 277 g/mol. The number of halogens is 2. The zero-order valence-corrected chi connectivity index (χ0v) is 11.5. The van der Waals surface area contributed by atoms with Gasteiger partial charge < -0.3 is 5.32 Å². The van der Waals surface area contributed by atoms with E-state index in [9.17, 15) is 9.18 Å². The SMILES string of the molecule is O=C(Cc1ccc(F)cc1Cl)C1CNc2ccccc21. The lowest BCUT2D eigenvalue weighted by molar-refractivity contribution is -0.119. The third kappa shape index (κ3) is 2.41. The number of carbonyl (C=O) groups excluding carboxylic acids is 1. The average molecular weight is 290 g/mol. The van der Waals surface area contributed by atoms with Gasteiger partial charge in [-0.1, -0.05) is 35.9 Å². The molecule has 1 unspecified atom stereocenters. The van der Waals surface area contributed by atoms with Crippen molar-refractivity contribution < 1.29 is 9.18 Å². The molecule has 0 bridgehead atoms. The Balaban J connectivity index is 1.81. The van der Waals surface area contributed by atoms with Gasteiger partial charge in [-0.05, 0) is 29.3 Å². The van der Waals surface area contributed by atoms with Gasteiger partial charge in [-0.2, -0.15) is 0 Å².